The number of carbonyl (C=O) groups excluding carboxylic acids is 1. The molecule has 0 aliphatic rings. The molecule has 2 heterocycles. The van der Waals surface area contributed by atoms with Crippen LogP contribution in [-0.2, 0) is 21.4 Å². The van der Waals surface area contributed by atoms with Gasteiger partial charge >= 0.3 is 0 Å². The quantitative estimate of drug-likeness (QED) is 0.750. The molecule has 7 nitrogen and oxygen atoms in total. The summed E-state index contributed by atoms with van der Waals surface area (Å²) in [6, 6.07) is 1.83. The number of thiophene rings is 1. The van der Waals surface area contributed by atoms with Crippen LogP contribution in [0.1, 0.15) is 11.8 Å². The van der Waals surface area contributed by atoms with Crippen molar-refractivity contribution in [2.45, 2.75) is 17.8 Å². The molecule has 11 heteroatoms. The van der Waals surface area contributed by atoms with E-state index in [1.54, 1.807) is 0 Å². The second-order valence-corrected chi connectivity index (χ2v) is 8.44. The molecule has 0 fully saturated rings. The summed E-state index contributed by atoms with van der Waals surface area (Å²) in [5.74, 6) is -0.332. The maximum Gasteiger partial charge on any atom is 0.270 e. The maximum absolute atomic E-state index is 12.0. The summed E-state index contributed by atoms with van der Waals surface area (Å²) in [5, 5.41) is 11.5. The van der Waals surface area contributed by atoms with Crippen molar-refractivity contribution in [3.63, 3.8) is 0 Å². The van der Waals surface area contributed by atoms with Gasteiger partial charge < -0.3 is 5.32 Å². The summed E-state index contributed by atoms with van der Waals surface area (Å²) in [4.78, 5) is 11.7. The summed E-state index contributed by atoms with van der Waals surface area (Å²) in [6.45, 7) is 1.48. The zero-order valence-electron chi connectivity index (χ0n) is 10.1. The molecular weight excluding hydrogens is 388 g/mol. The van der Waals surface area contributed by atoms with Gasteiger partial charge in [0.25, 0.3) is 10.0 Å². The summed E-state index contributed by atoms with van der Waals surface area (Å²) >= 11 is 5.53. The van der Waals surface area contributed by atoms with Crippen molar-refractivity contribution in [3.8, 4) is 0 Å². The predicted octanol–water partition coefficient (Wildman–Crippen LogP) is 1.80. The van der Waals surface area contributed by atoms with Gasteiger partial charge in [0.05, 0.1) is 0 Å². The average Bonchev–Trinajstić information content (AvgIpc) is 2.95. The van der Waals surface area contributed by atoms with Crippen molar-refractivity contribution in [3.05, 3.63) is 20.8 Å². The van der Waals surface area contributed by atoms with Crippen LogP contribution in [0.4, 0.5) is 5.13 Å². The van der Waals surface area contributed by atoms with Gasteiger partial charge in [-0.25, -0.2) is 13.1 Å². The van der Waals surface area contributed by atoms with Crippen molar-refractivity contribution in [1.82, 2.24) is 14.9 Å². The summed E-state index contributed by atoms with van der Waals surface area (Å²) in [6.07, 6.45) is 0. The number of amides is 1. The first-order valence-corrected chi connectivity index (χ1v) is 9.18. The number of carbonyl (C=O) groups is 1. The molecule has 2 N–H and O–H groups in total. The molecule has 2 aromatic rings. The van der Waals surface area contributed by atoms with Crippen LogP contribution in [0.25, 0.3) is 0 Å². The normalized spacial score (nSPS) is 11.5. The van der Waals surface area contributed by atoms with Crippen LogP contribution >= 0.6 is 38.6 Å². The Morgan fingerprint density at radius 2 is 2.20 bits per heavy atom. The van der Waals surface area contributed by atoms with Crippen molar-refractivity contribution < 1.29 is 13.2 Å². The van der Waals surface area contributed by atoms with Crippen LogP contribution in [0, 0.1) is 0 Å². The minimum Gasteiger partial charge on any atom is -0.301 e. The van der Waals surface area contributed by atoms with Gasteiger partial charge in [-0.2, -0.15) is 0 Å². The minimum atomic E-state index is -3.73. The zero-order valence-corrected chi connectivity index (χ0v) is 14.1. The monoisotopic (exact) mass is 396 g/mol. The number of aromatic nitrogens is 2. The lowest BCUT2D eigenvalue weighted by Crippen LogP contribution is -2.22. The molecule has 0 spiro atoms. The molecule has 0 bridgehead atoms. The standard InChI is InChI=1S/C9H9BrN4O3S3/c1-5(15)12-8-13-14-9(19-8)20(16,17)11-3-7-2-6(10)4-18-7/h2,4,11H,3H2,1H3,(H,12,13,15). The number of rotatable bonds is 5. The molecule has 0 aliphatic carbocycles. The molecule has 1 amide bonds. The highest BCUT2D eigenvalue weighted by Gasteiger charge is 2.20. The van der Waals surface area contributed by atoms with E-state index in [-0.39, 0.29) is 21.9 Å². The fourth-order valence-corrected chi connectivity index (χ4v) is 4.67. The van der Waals surface area contributed by atoms with E-state index in [4.69, 9.17) is 0 Å². The third-order valence-corrected chi connectivity index (χ3v) is 6.28. The number of anilines is 1. The fraction of sp³-hybridized carbons (Fsp3) is 0.222. The van der Waals surface area contributed by atoms with E-state index in [2.05, 4.69) is 36.2 Å². The molecule has 2 rings (SSSR count). The van der Waals surface area contributed by atoms with Gasteiger partial charge in [-0.05, 0) is 22.0 Å². The van der Waals surface area contributed by atoms with Gasteiger partial charge in [0.2, 0.25) is 15.4 Å². The predicted molar refractivity (Wildman–Crippen MR) is 80.3 cm³/mol. The fourth-order valence-electron chi connectivity index (χ4n) is 1.19. The molecule has 20 heavy (non-hydrogen) atoms. The molecular formula is C9H9BrN4O3S3. The number of hydrogen-bond donors (Lipinski definition) is 2. The second kappa shape index (κ2) is 6.26. The SMILES string of the molecule is CC(=O)Nc1nnc(S(=O)(=O)NCc2cc(Br)cs2)s1. The number of nitrogens with zero attached hydrogens (tertiary/aromatic N) is 2. The Bertz CT molecular complexity index is 724. The first kappa shape index (κ1) is 15.5. The maximum atomic E-state index is 12.0. The number of hydrogen-bond acceptors (Lipinski definition) is 7. The smallest absolute Gasteiger partial charge is 0.270 e. The van der Waals surface area contributed by atoms with Crippen LogP contribution in [-0.4, -0.2) is 24.5 Å². The Balaban J connectivity index is 2.06. The highest BCUT2D eigenvalue weighted by molar-refractivity contribution is 9.10. The van der Waals surface area contributed by atoms with Gasteiger partial charge in [0, 0.05) is 28.2 Å². The van der Waals surface area contributed by atoms with Crippen LogP contribution in [0.3, 0.4) is 0 Å². The molecule has 0 saturated heterocycles. The lowest BCUT2D eigenvalue weighted by atomic mass is 10.5. The number of sulfonamides is 1. The van der Waals surface area contributed by atoms with Gasteiger partial charge in [0.15, 0.2) is 0 Å². The van der Waals surface area contributed by atoms with Gasteiger partial charge in [0.1, 0.15) is 0 Å². The average molecular weight is 397 g/mol. The van der Waals surface area contributed by atoms with E-state index in [0.717, 1.165) is 20.7 Å². The molecule has 0 aliphatic heterocycles. The van der Waals surface area contributed by atoms with E-state index >= 15 is 0 Å². The third-order valence-electron chi connectivity index (χ3n) is 1.98. The largest absolute Gasteiger partial charge is 0.301 e. The summed E-state index contributed by atoms with van der Waals surface area (Å²) in [5.41, 5.74) is 0. The summed E-state index contributed by atoms with van der Waals surface area (Å²) < 4.78 is 27.1. The Kier molecular flexibility index (Phi) is 4.86. The van der Waals surface area contributed by atoms with Crippen LogP contribution in [0.2, 0.25) is 0 Å². The molecule has 0 radical (unpaired) electrons. The van der Waals surface area contributed by atoms with E-state index in [9.17, 15) is 13.2 Å². The number of halogens is 1. The molecule has 108 valence electrons. The van der Waals surface area contributed by atoms with Gasteiger partial charge in [-0.3, -0.25) is 4.79 Å². The van der Waals surface area contributed by atoms with Gasteiger partial charge in [-0.1, -0.05) is 11.3 Å². The van der Waals surface area contributed by atoms with Crippen molar-refractivity contribution in [2.24, 2.45) is 0 Å². The molecule has 2 aromatic heterocycles. The van der Waals surface area contributed by atoms with E-state index < -0.39 is 10.0 Å². The van der Waals surface area contributed by atoms with E-state index in [1.807, 2.05) is 11.4 Å². The Morgan fingerprint density at radius 1 is 1.45 bits per heavy atom. The number of nitrogens with one attached hydrogen (secondary N) is 2. The molecule has 0 saturated carbocycles. The zero-order chi connectivity index (χ0) is 14.8. The lowest BCUT2D eigenvalue weighted by molar-refractivity contribution is -0.114. The van der Waals surface area contributed by atoms with Crippen LogP contribution < -0.4 is 10.0 Å². The van der Waals surface area contributed by atoms with Crippen molar-refractivity contribution in [2.75, 3.05) is 5.32 Å². The Morgan fingerprint density at radius 3 is 2.80 bits per heavy atom. The molecule has 0 unspecified atom stereocenters. The van der Waals surface area contributed by atoms with Crippen molar-refractivity contribution >= 4 is 59.7 Å². The van der Waals surface area contributed by atoms with Crippen LogP contribution in [0.5, 0.6) is 0 Å². The molecule has 0 aromatic carbocycles. The van der Waals surface area contributed by atoms with Gasteiger partial charge in [-0.15, -0.1) is 21.5 Å². The van der Waals surface area contributed by atoms with Crippen LogP contribution in [0.15, 0.2) is 20.3 Å². The van der Waals surface area contributed by atoms with E-state index in [0.29, 0.717) is 0 Å². The first-order valence-electron chi connectivity index (χ1n) is 5.20. The third kappa shape index (κ3) is 4.06. The van der Waals surface area contributed by atoms with Crippen molar-refractivity contribution in [1.29, 1.82) is 0 Å². The second-order valence-electron chi connectivity index (χ2n) is 3.61. The first-order chi connectivity index (χ1) is 9.37. The lowest BCUT2D eigenvalue weighted by Gasteiger charge is -2.00. The topological polar surface area (TPSA) is 101 Å². The van der Waals surface area contributed by atoms with E-state index in [1.165, 1.54) is 18.3 Å². The highest BCUT2D eigenvalue weighted by Crippen LogP contribution is 2.22. The highest BCUT2D eigenvalue weighted by atomic mass is 79.9. The Labute approximate surface area is 131 Å². The Hall–Kier alpha value is -0.880. The molecule has 0 atom stereocenters. The minimum absolute atomic E-state index is 0.150. The summed E-state index contributed by atoms with van der Waals surface area (Å²) in [7, 11) is -3.73.